The Hall–Kier alpha value is -2.41. The lowest BCUT2D eigenvalue weighted by atomic mass is 9.94. The molecule has 0 saturated heterocycles. The maximum absolute atomic E-state index is 12.1. The molecular weight excluding hydrogens is 324 g/mol. The van der Waals surface area contributed by atoms with Crippen molar-refractivity contribution in [2.45, 2.75) is 32.2 Å². The molecule has 6 nitrogen and oxygen atoms in total. The summed E-state index contributed by atoms with van der Waals surface area (Å²) in [5.41, 5.74) is 5.90. The number of amides is 2. The maximum Gasteiger partial charge on any atom is 0.260 e. The van der Waals surface area contributed by atoms with Crippen LogP contribution in [0.4, 0.5) is 5.13 Å². The summed E-state index contributed by atoms with van der Waals surface area (Å²) in [5, 5.41) is 3.75. The molecule has 1 aliphatic carbocycles. The first kappa shape index (κ1) is 16.4. The van der Waals surface area contributed by atoms with Gasteiger partial charge in [0.1, 0.15) is 6.04 Å². The first-order valence-corrected chi connectivity index (χ1v) is 8.82. The Labute approximate surface area is 144 Å². The van der Waals surface area contributed by atoms with Crippen molar-refractivity contribution in [3.05, 3.63) is 36.4 Å². The lowest BCUT2D eigenvalue weighted by Gasteiger charge is -2.19. The second-order valence-corrected chi connectivity index (χ2v) is 6.84. The molecule has 1 aromatic heterocycles. The molecule has 0 unspecified atom stereocenters. The van der Waals surface area contributed by atoms with Crippen LogP contribution in [0.15, 0.2) is 36.4 Å². The van der Waals surface area contributed by atoms with E-state index in [1.165, 1.54) is 11.3 Å². The number of rotatable bonds is 4. The van der Waals surface area contributed by atoms with E-state index < -0.39 is 6.04 Å². The molecule has 0 aliphatic heterocycles. The zero-order valence-electron chi connectivity index (χ0n) is 13.4. The normalized spacial score (nSPS) is 18.1. The van der Waals surface area contributed by atoms with Gasteiger partial charge in [-0.1, -0.05) is 35.6 Å². The SMILES string of the molecule is C[C@@H](Nc1nc2ccccc2s1)C(=O)NNC(=O)[C@@H]1CC=CCC1. The number of carbonyl (C=O) groups excluding carboxylic acids is 2. The molecule has 1 heterocycles. The van der Waals surface area contributed by atoms with E-state index in [9.17, 15) is 9.59 Å². The summed E-state index contributed by atoms with van der Waals surface area (Å²) in [6.07, 6.45) is 6.53. The molecule has 0 spiro atoms. The Morgan fingerprint density at radius 3 is 2.83 bits per heavy atom. The van der Waals surface area contributed by atoms with Gasteiger partial charge in [0.15, 0.2) is 5.13 Å². The van der Waals surface area contributed by atoms with Crippen molar-refractivity contribution in [2.24, 2.45) is 5.92 Å². The number of thiazole rings is 1. The third-order valence-electron chi connectivity index (χ3n) is 3.98. The van der Waals surface area contributed by atoms with Gasteiger partial charge in [0.2, 0.25) is 5.91 Å². The number of nitrogens with zero attached hydrogens (tertiary/aromatic N) is 1. The highest BCUT2D eigenvalue weighted by atomic mass is 32.1. The average Bonchev–Trinajstić information content (AvgIpc) is 3.02. The molecule has 2 atom stereocenters. The Morgan fingerprint density at radius 2 is 2.08 bits per heavy atom. The van der Waals surface area contributed by atoms with Crippen molar-refractivity contribution < 1.29 is 9.59 Å². The standard InChI is InChI=1S/C17H20N4O2S/c1-11(18-17-19-13-9-5-6-10-14(13)24-17)15(22)20-21-16(23)12-7-3-2-4-8-12/h2-3,5-6,9-12H,4,7-8H2,1H3,(H,18,19)(H,20,22)(H,21,23)/t11-,12-/m1/s1. The average molecular weight is 344 g/mol. The largest absolute Gasteiger partial charge is 0.350 e. The zero-order valence-corrected chi connectivity index (χ0v) is 14.2. The fourth-order valence-corrected chi connectivity index (χ4v) is 3.50. The lowest BCUT2D eigenvalue weighted by molar-refractivity contribution is -0.131. The molecule has 7 heteroatoms. The van der Waals surface area contributed by atoms with Gasteiger partial charge in [0, 0.05) is 5.92 Å². The predicted octanol–water partition coefficient (Wildman–Crippen LogP) is 2.60. The van der Waals surface area contributed by atoms with E-state index in [1.807, 2.05) is 30.3 Å². The van der Waals surface area contributed by atoms with Gasteiger partial charge in [-0.25, -0.2) is 4.98 Å². The number of carbonyl (C=O) groups is 2. The topological polar surface area (TPSA) is 83.1 Å². The van der Waals surface area contributed by atoms with E-state index in [1.54, 1.807) is 6.92 Å². The van der Waals surface area contributed by atoms with Crippen LogP contribution in [-0.2, 0) is 9.59 Å². The maximum atomic E-state index is 12.1. The van der Waals surface area contributed by atoms with E-state index in [-0.39, 0.29) is 17.7 Å². The summed E-state index contributed by atoms with van der Waals surface area (Å²) in [6.45, 7) is 1.73. The summed E-state index contributed by atoms with van der Waals surface area (Å²) in [6, 6.07) is 7.30. The molecule has 2 amide bonds. The van der Waals surface area contributed by atoms with Gasteiger partial charge >= 0.3 is 0 Å². The van der Waals surface area contributed by atoms with Crippen molar-refractivity contribution >= 4 is 38.5 Å². The number of hydrogen-bond acceptors (Lipinski definition) is 5. The number of allylic oxidation sites excluding steroid dienone is 2. The number of benzene rings is 1. The minimum atomic E-state index is -0.503. The predicted molar refractivity (Wildman–Crippen MR) is 95.5 cm³/mol. The van der Waals surface area contributed by atoms with E-state index in [0.717, 1.165) is 29.5 Å². The smallest absolute Gasteiger partial charge is 0.260 e. The minimum Gasteiger partial charge on any atom is -0.350 e. The second kappa shape index (κ2) is 7.44. The number of anilines is 1. The molecule has 3 rings (SSSR count). The molecule has 3 N–H and O–H groups in total. The quantitative estimate of drug-likeness (QED) is 0.588. The van der Waals surface area contributed by atoms with Crippen molar-refractivity contribution in [1.29, 1.82) is 0 Å². The molecule has 0 bridgehead atoms. The van der Waals surface area contributed by atoms with Crippen LogP contribution in [0.2, 0.25) is 0 Å². The zero-order chi connectivity index (χ0) is 16.9. The van der Waals surface area contributed by atoms with E-state index >= 15 is 0 Å². The molecule has 0 radical (unpaired) electrons. The third-order valence-corrected chi connectivity index (χ3v) is 4.94. The van der Waals surface area contributed by atoms with E-state index in [4.69, 9.17) is 0 Å². The minimum absolute atomic E-state index is 0.0668. The number of aromatic nitrogens is 1. The molecule has 0 saturated carbocycles. The molecule has 1 aliphatic rings. The number of nitrogens with one attached hydrogen (secondary N) is 3. The first-order chi connectivity index (χ1) is 11.6. The molecule has 2 aromatic rings. The number of hydrogen-bond donors (Lipinski definition) is 3. The molecule has 0 fully saturated rings. The molecular formula is C17H20N4O2S. The van der Waals surface area contributed by atoms with Crippen LogP contribution < -0.4 is 16.2 Å². The monoisotopic (exact) mass is 344 g/mol. The summed E-state index contributed by atoms with van der Waals surface area (Å²) in [5.74, 6) is -0.503. The van der Waals surface area contributed by atoms with Crippen LogP contribution in [0.25, 0.3) is 10.2 Å². The Bertz CT molecular complexity index is 738. The summed E-state index contributed by atoms with van der Waals surface area (Å²) in [4.78, 5) is 28.6. The summed E-state index contributed by atoms with van der Waals surface area (Å²) in [7, 11) is 0. The number of fused-ring (bicyclic) bond motifs is 1. The van der Waals surface area contributed by atoms with E-state index in [0.29, 0.717) is 5.13 Å². The van der Waals surface area contributed by atoms with E-state index in [2.05, 4.69) is 27.2 Å². The van der Waals surface area contributed by atoms with Gasteiger partial charge in [0.25, 0.3) is 5.91 Å². The van der Waals surface area contributed by atoms with Gasteiger partial charge in [-0.3, -0.25) is 20.4 Å². The van der Waals surface area contributed by atoms with Crippen molar-refractivity contribution in [2.75, 3.05) is 5.32 Å². The molecule has 24 heavy (non-hydrogen) atoms. The number of para-hydroxylation sites is 1. The van der Waals surface area contributed by atoms with Crippen LogP contribution in [0.3, 0.4) is 0 Å². The fraction of sp³-hybridized carbons (Fsp3) is 0.353. The second-order valence-electron chi connectivity index (χ2n) is 5.81. The molecule has 1 aromatic carbocycles. The van der Waals surface area contributed by atoms with Gasteiger partial charge in [-0.15, -0.1) is 0 Å². The van der Waals surface area contributed by atoms with Crippen molar-refractivity contribution in [3.63, 3.8) is 0 Å². The van der Waals surface area contributed by atoms with Crippen LogP contribution in [0.1, 0.15) is 26.2 Å². The Kier molecular flexibility index (Phi) is 5.10. The van der Waals surface area contributed by atoms with Crippen molar-refractivity contribution in [1.82, 2.24) is 15.8 Å². The van der Waals surface area contributed by atoms with Gasteiger partial charge in [0.05, 0.1) is 10.2 Å². The number of hydrazine groups is 1. The Balaban J connectivity index is 1.51. The fourth-order valence-electron chi connectivity index (χ4n) is 2.55. The first-order valence-electron chi connectivity index (χ1n) is 8.00. The van der Waals surface area contributed by atoms with Gasteiger partial charge in [-0.05, 0) is 38.3 Å². The van der Waals surface area contributed by atoms with Gasteiger partial charge < -0.3 is 5.32 Å². The highest BCUT2D eigenvalue weighted by Crippen LogP contribution is 2.25. The Morgan fingerprint density at radius 1 is 1.25 bits per heavy atom. The molecule has 126 valence electrons. The highest BCUT2D eigenvalue weighted by Gasteiger charge is 2.20. The third kappa shape index (κ3) is 3.91. The van der Waals surface area contributed by atoms with Crippen LogP contribution in [0, 0.1) is 5.92 Å². The van der Waals surface area contributed by atoms with Gasteiger partial charge in [-0.2, -0.15) is 0 Å². The van der Waals surface area contributed by atoms with Crippen LogP contribution in [-0.4, -0.2) is 22.8 Å². The van der Waals surface area contributed by atoms with Crippen molar-refractivity contribution in [3.8, 4) is 0 Å². The lowest BCUT2D eigenvalue weighted by Crippen LogP contribution is -2.49. The summed E-state index contributed by atoms with van der Waals surface area (Å²) >= 11 is 1.49. The highest BCUT2D eigenvalue weighted by molar-refractivity contribution is 7.22. The summed E-state index contributed by atoms with van der Waals surface area (Å²) < 4.78 is 1.06. The van der Waals surface area contributed by atoms with Crippen LogP contribution >= 0.6 is 11.3 Å². The van der Waals surface area contributed by atoms with Crippen LogP contribution in [0.5, 0.6) is 0 Å².